The highest BCUT2D eigenvalue weighted by molar-refractivity contribution is 7.22. The van der Waals surface area contributed by atoms with Gasteiger partial charge in [-0.25, -0.2) is 14.8 Å². The number of carbonyl (C=O) groups is 1. The summed E-state index contributed by atoms with van der Waals surface area (Å²) in [5.74, 6) is 0.000244. The van der Waals surface area contributed by atoms with Crippen LogP contribution in [0.5, 0.6) is 0 Å². The summed E-state index contributed by atoms with van der Waals surface area (Å²) in [6.45, 7) is 16.3. The molecule has 1 fully saturated rings. The number of carboxylic acids is 1. The molecule has 0 bridgehead atoms. The third-order valence-electron chi connectivity index (χ3n) is 8.42. The number of thiazole rings is 1. The Hall–Kier alpha value is -3.30. The number of halogens is 1. The summed E-state index contributed by atoms with van der Waals surface area (Å²) in [6.07, 6.45) is -0.0508. The number of aliphatic carboxylic acids is 1. The Balaban J connectivity index is 1.52. The topological polar surface area (TPSA) is 80.5 Å². The van der Waals surface area contributed by atoms with E-state index >= 15 is 0 Å². The smallest absolute Gasteiger partial charge is 0.337 e. The van der Waals surface area contributed by atoms with Crippen molar-refractivity contribution in [2.75, 3.05) is 13.1 Å². The van der Waals surface area contributed by atoms with Gasteiger partial charge in [0.05, 0.1) is 26.9 Å². The lowest BCUT2D eigenvalue weighted by Gasteiger charge is -2.28. The van der Waals surface area contributed by atoms with Crippen molar-refractivity contribution in [1.29, 1.82) is 0 Å². The lowest BCUT2D eigenvalue weighted by atomic mass is 9.91. The number of imidazole rings is 1. The zero-order valence-electron chi connectivity index (χ0n) is 26.3. The average Bonchev–Trinajstić information content (AvgIpc) is 3.67. The van der Waals surface area contributed by atoms with Gasteiger partial charge in [-0.15, -0.1) is 11.3 Å². The van der Waals surface area contributed by atoms with E-state index in [0.717, 1.165) is 73.8 Å². The largest absolute Gasteiger partial charge is 0.479 e. The maximum Gasteiger partial charge on any atom is 0.337 e. The first-order valence-electron chi connectivity index (χ1n) is 15.1. The van der Waals surface area contributed by atoms with E-state index < -0.39 is 17.7 Å². The van der Waals surface area contributed by atoms with E-state index in [4.69, 9.17) is 26.3 Å². The molecule has 0 amide bonds. The molecule has 230 valence electrons. The van der Waals surface area contributed by atoms with E-state index in [1.54, 1.807) is 11.3 Å². The number of carboxylic acid groups (broad SMARTS) is 1. The SMILES string of the molecule is Cc1cc2nc(-c3ccc4nc(C)n(C5CCN(C(C)C)C5)c4c3)sc2c(-c2ccc(Cl)cc2)c1[C@H](OC(C)(C)C)C(=O)O. The van der Waals surface area contributed by atoms with Crippen LogP contribution in [0.25, 0.3) is 42.9 Å². The van der Waals surface area contributed by atoms with Gasteiger partial charge in [0, 0.05) is 46.9 Å². The molecule has 0 saturated carbocycles. The first-order chi connectivity index (χ1) is 20.8. The van der Waals surface area contributed by atoms with Gasteiger partial charge in [-0.05, 0) is 102 Å². The summed E-state index contributed by atoms with van der Waals surface area (Å²) in [4.78, 5) is 25.2. The molecule has 1 N–H and O–H groups in total. The second-order valence-electron chi connectivity index (χ2n) is 13.1. The first-order valence-corrected chi connectivity index (χ1v) is 16.3. The van der Waals surface area contributed by atoms with E-state index in [0.29, 0.717) is 22.7 Å². The van der Waals surface area contributed by atoms with E-state index in [1.807, 2.05) is 58.0 Å². The Morgan fingerprint density at radius 2 is 1.75 bits per heavy atom. The zero-order chi connectivity index (χ0) is 31.5. The minimum absolute atomic E-state index is 0.380. The highest BCUT2D eigenvalue weighted by Crippen LogP contribution is 2.45. The second-order valence-corrected chi connectivity index (χ2v) is 14.5. The molecule has 44 heavy (non-hydrogen) atoms. The predicted octanol–water partition coefficient (Wildman–Crippen LogP) is 8.85. The molecule has 1 aliphatic rings. The Morgan fingerprint density at radius 1 is 1.05 bits per heavy atom. The normalized spacial score (nSPS) is 16.9. The molecule has 7 nitrogen and oxygen atoms in total. The van der Waals surface area contributed by atoms with Crippen molar-refractivity contribution in [3.05, 3.63) is 70.5 Å². The molecule has 2 aromatic heterocycles. The van der Waals surface area contributed by atoms with Crippen LogP contribution in [0.2, 0.25) is 5.02 Å². The molecule has 1 saturated heterocycles. The third-order valence-corrected chi connectivity index (χ3v) is 9.81. The van der Waals surface area contributed by atoms with Crippen LogP contribution in [-0.2, 0) is 9.53 Å². The van der Waals surface area contributed by atoms with Gasteiger partial charge in [-0.3, -0.25) is 4.90 Å². The standard InChI is InChI=1S/C35H39ClN4O3S/c1-19(2)39-15-14-25(18-39)40-21(4)37-26-13-10-23(17-28(26)40)33-38-27-16-20(3)29(31(34(41)42)43-35(5,6)7)30(32(27)44-33)22-8-11-24(36)12-9-22/h8-13,16-17,19,25,31H,14-15,18H2,1-7H3,(H,41,42)/t25?,31-/m0/s1. The molecule has 5 aromatic rings. The monoisotopic (exact) mass is 630 g/mol. The quantitative estimate of drug-likeness (QED) is 0.193. The molecule has 0 radical (unpaired) electrons. The van der Waals surface area contributed by atoms with Crippen LogP contribution in [0.3, 0.4) is 0 Å². The van der Waals surface area contributed by atoms with Crippen molar-refractivity contribution >= 4 is 50.2 Å². The van der Waals surface area contributed by atoms with Gasteiger partial charge in [0.15, 0.2) is 6.10 Å². The maximum atomic E-state index is 12.7. The Bertz CT molecular complexity index is 1870. The number of hydrogen-bond acceptors (Lipinski definition) is 6. The minimum Gasteiger partial charge on any atom is -0.479 e. The Kier molecular flexibility index (Phi) is 8.07. The maximum absolute atomic E-state index is 12.7. The van der Waals surface area contributed by atoms with Crippen LogP contribution in [0.15, 0.2) is 48.5 Å². The summed E-state index contributed by atoms with van der Waals surface area (Å²) in [6, 6.07) is 16.8. The fraction of sp³-hybridized carbons (Fsp3) is 0.400. The zero-order valence-corrected chi connectivity index (χ0v) is 27.9. The van der Waals surface area contributed by atoms with Gasteiger partial charge < -0.3 is 14.4 Å². The second kappa shape index (κ2) is 11.6. The molecule has 6 rings (SSSR count). The minimum atomic E-state index is -1.15. The van der Waals surface area contributed by atoms with Gasteiger partial charge >= 0.3 is 5.97 Å². The fourth-order valence-corrected chi connectivity index (χ4v) is 7.66. The average molecular weight is 631 g/mol. The van der Waals surface area contributed by atoms with Crippen LogP contribution in [-0.4, -0.2) is 55.2 Å². The Labute approximate surface area is 267 Å². The molecule has 1 unspecified atom stereocenters. The molecule has 2 atom stereocenters. The highest BCUT2D eigenvalue weighted by atomic mass is 35.5. The summed E-state index contributed by atoms with van der Waals surface area (Å²) in [5, 5.41) is 11.9. The van der Waals surface area contributed by atoms with Crippen molar-refractivity contribution in [2.24, 2.45) is 0 Å². The van der Waals surface area contributed by atoms with E-state index in [2.05, 4.69) is 48.4 Å². The van der Waals surface area contributed by atoms with Crippen LogP contribution in [0, 0.1) is 13.8 Å². The number of likely N-dealkylation sites (tertiary alicyclic amines) is 1. The van der Waals surface area contributed by atoms with Crippen LogP contribution < -0.4 is 0 Å². The molecule has 0 spiro atoms. The third kappa shape index (κ3) is 5.76. The van der Waals surface area contributed by atoms with Crippen LogP contribution in [0.4, 0.5) is 0 Å². The van der Waals surface area contributed by atoms with Crippen molar-refractivity contribution < 1.29 is 14.6 Å². The van der Waals surface area contributed by atoms with Crippen LogP contribution in [0.1, 0.15) is 70.1 Å². The molecule has 0 aliphatic carbocycles. The molecule has 3 aromatic carbocycles. The van der Waals surface area contributed by atoms with Gasteiger partial charge in [0.25, 0.3) is 0 Å². The number of fused-ring (bicyclic) bond motifs is 2. The number of nitrogens with zero attached hydrogens (tertiary/aromatic N) is 4. The summed E-state index contributed by atoms with van der Waals surface area (Å²) < 4.78 is 9.49. The van der Waals surface area contributed by atoms with Crippen LogP contribution >= 0.6 is 22.9 Å². The van der Waals surface area contributed by atoms with Crippen molar-refractivity contribution in [3.63, 3.8) is 0 Å². The number of hydrogen-bond donors (Lipinski definition) is 1. The van der Waals surface area contributed by atoms with Gasteiger partial charge in [0.1, 0.15) is 10.8 Å². The van der Waals surface area contributed by atoms with Crippen molar-refractivity contribution in [2.45, 2.75) is 78.7 Å². The summed E-state index contributed by atoms with van der Waals surface area (Å²) in [5.41, 5.74) is 6.42. The lowest BCUT2D eigenvalue weighted by Crippen LogP contribution is -2.28. The van der Waals surface area contributed by atoms with E-state index in [9.17, 15) is 9.90 Å². The molecule has 9 heteroatoms. The van der Waals surface area contributed by atoms with Gasteiger partial charge in [-0.1, -0.05) is 23.7 Å². The number of aromatic nitrogens is 3. The van der Waals surface area contributed by atoms with Gasteiger partial charge in [0.2, 0.25) is 0 Å². The number of rotatable bonds is 7. The van der Waals surface area contributed by atoms with Crippen molar-refractivity contribution in [1.82, 2.24) is 19.4 Å². The Morgan fingerprint density at radius 3 is 2.39 bits per heavy atom. The van der Waals surface area contributed by atoms with Gasteiger partial charge in [-0.2, -0.15) is 0 Å². The van der Waals surface area contributed by atoms with Crippen molar-refractivity contribution in [3.8, 4) is 21.7 Å². The van der Waals surface area contributed by atoms with E-state index in [1.165, 1.54) is 0 Å². The number of ether oxygens (including phenoxy) is 1. The van der Waals surface area contributed by atoms with E-state index in [-0.39, 0.29) is 0 Å². The number of aryl methyl sites for hydroxylation is 2. The fourth-order valence-electron chi connectivity index (χ4n) is 6.42. The highest BCUT2D eigenvalue weighted by Gasteiger charge is 2.33. The molecule has 1 aliphatic heterocycles. The lowest BCUT2D eigenvalue weighted by molar-refractivity contribution is -0.160. The number of benzene rings is 3. The predicted molar refractivity (Wildman–Crippen MR) is 180 cm³/mol. The summed E-state index contributed by atoms with van der Waals surface area (Å²) >= 11 is 7.84. The summed E-state index contributed by atoms with van der Waals surface area (Å²) in [7, 11) is 0. The molecular formula is C35H39ClN4O3S. The molecule has 3 heterocycles. The first kappa shape index (κ1) is 30.7. The molecular weight excluding hydrogens is 592 g/mol.